The Balaban J connectivity index is 1.38. The summed E-state index contributed by atoms with van der Waals surface area (Å²) in [6, 6.07) is 15.2. The third kappa shape index (κ3) is 4.55. The summed E-state index contributed by atoms with van der Waals surface area (Å²) in [4.78, 5) is 26.8. The molecule has 2 saturated heterocycles. The monoisotopic (exact) mass is 408 g/mol. The summed E-state index contributed by atoms with van der Waals surface area (Å²) >= 11 is 0. The van der Waals surface area contributed by atoms with E-state index in [0.29, 0.717) is 37.9 Å². The minimum atomic E-state index is -0.354. The Morgan fingerprint density at radius 1 is 1.20 bits per heavy atom. The first-order chi connectivity index (χ1) is 14.4. The number of hydrogen-bond acceptors (Lipinski definition) is 2. The van der Waals surface area contributed by atoms with E-state index >= 15 is 0 Å². The highest BCUT2D eigenvalue weighted by Gasteiger charge is 2.38. The van der Waals surface area contributed by atoms with Crippen LogP contribution in [0, 0.1) is 12.7 Å². The zero-order chi connectivity index (χ0) is 21.1. The fourth-order valence-corrected chi connectivity index (χ4v) is 4.83. The molecular weight excluding hydrogens is 379 g/mol. The Bertz CT molecular complexity index is 927. The van der Waals surface area contributed by atoms with Crippen LogP contribution in [0.2, 0.25) is 0 Å². The summed E-state index contributed by atoms with van der Waals surface area (Å²) < 4.78 is 14.1. The van der Waals surface area contributed by atoms with Gasteiger partial charge in [-0.25, -0.2) is 4.39 Å². The Labute approximate surface area is 177 Å². The summed E-state index contributed by atoms with van der Waals surface area (Å²) in [7, 11) is 0. The standard InChI is InChI=1S/C25H29FN2O2/c1-18-6-8-19(9-7-18)16-25(13-10-23(29)27-25)14-11-24(30)28-15-12-20(17-28)21-4-2-3-5-22(21)26/h2-9,20H,10-17H2,1H3,(H,27,29)/t20-,25+/m0/s1. The van der Waals surface area contributed by atoms with Gasteiger partial charge in [0.2, 0.25) is 11.8 Å². The second-order valence-corrected chi connectivity index (χ2v) is 8.84. The molecule has 4 nitrogen and oxygen atoms in total. The topological polar surface area (TPSA) is 49.4 Å². The van der Waals surface area contributed by atoms with Gasteiger partial charge < -0.3 is 10.2 Å². The Kier molecular flexibility index (Phi) is 5.89. The van der Waals surface area contributed by atoms with E-state index in [-0.39, 0.29) is 29.1 Å². The number of benzene rings is 2. The first kappa shape index (κ1) is 20.6. The normalized spacial score (nSPS) is 23.6. The second kappa shape index (κ2) is 8.58. The maximum Gasteiger partial charge on any atom is 0.222 e. The molecule has 2 aromatic rings. The minimum absolute atomic E-state index is 0.0582. The summed E-state index contributed by atoms with van der Waals surface area (Å²) in [5.74, 6) is 0.0268. The van der Waals surface area contributed by atoms with E-state index in [1.165, 1.54) is 17.2 Å². The SMILES string of the molecule is Cc1ccc(C[C@]2(CCC(=O)N3CC[C@H](c4ccccc4F)C3)CCC(=O)N2)cc1. The largest absolute Gasteiger partial charge is 0.350 e. The molecule has 0 unspecified atom stereocenters. The van der Waals surface area contributed by atoms with Gasteiger partial charge >= 0.3 is 0 Å². The minimum Gasteiger partial charge on any atom is -0.350 e. The molecule has 4 rings (SSSR count). The maximum absolute atomic E-state index is 14.1. The molecule has 2 atom stereocenters. The van der Waals surface area contributed by atoms with Crippen LogP contribution in [0.15, 0.2) is 48.5 Å². The Hall–Kier alpha value is -2.69. The summed E-state index contributed by atoms with van der Waals surface area (Å²) in [6.45, 7) is 3.28. The van der Waals surface area contributed by atoms with Crippen molar-refractivity contribution in [1.29, 1.82) is 0 Å². The average molecular weight is 409 g/mol. The summed E-state index contributed by atoms with van der Waals surface area (Å²) in [6.07, 6.45) is 3.83. The number of carbonyl (C=O) groups is 2. The van der Waals surface area contributed by atoms with Crippen molar-refractivity contribution < 1.29 is 14.0 Å². The number of carbonyl (C=O) groups excluding carboxylic acids is 2. The molecule has 30 heavy (non-hydrogen) atoms. The van der Waals surface area contributed by atoms with Crippen molar-refractivity contribution in [3.8, 4) is 0 Å². The van der Waals surface area contributed by atoms with Gasteiger partial charge in [-0.1, -0.05) is 48.0 Å². The molecule has 2 fully saturated rings. The fraction of sp³-hybridized carbons (Fsp3) is 0.440. The van der Waals surface area contributed by atoms with E-state index in [1.54, 1.807) is 6.07 Å². The Morgan fingerprint density at radius 2 is 1.97 bits per heavy atom. The number of halogens is 1. The lowest BCUT2D eigenvalue weighted by molar-refractivity contribution is -0.131. The molecule has 1 N–H and O–H groups in total. The van der Waals surface area contributed by atoms with Gasteiger partial charge in [-0.3, -0.25) is 9.59 Å². The predicted octanol–water partition coefficient (Wildman–Crippen LogP) is 4.12. The smallest absolute Gasteiger partial charge is 0.222 e. The first-order valence-corrected chi connectivity index (χ1v) is 10.8. The molecule has 2 heterocycles. The highest BCUT2D eigenvalue weighted by atomic mass is 19.1. The summed E-state index contributed by atoms with van der Waals surface area (Å²) in [5.41, 5.74) is 2.73. The van der Waals surface area contributed by atoms with E-state index in [2.05, 4.69) is 36.5 Å². The summed E-state index contributed by atoms with van der Waals surface area (Å²) in [5, 5.41) is 3.16. The van der Waals surface area contributed by atoms with Crippen molar-refractivity contribution >= 4 is 11.8 Å². The maximum atomic E-state index is 14.1. The average Bonchev–Trinajstić information content (AvgIpc) is 3.36. The van der Waals surface area contributed by atoms with E-state index in [4.69, 9.17) is 0 Å². The number of nitrogens with zero attached hydrogens (tertiary/aromatic N) is 1. The lowest BCUT2D eigenvalue weighted by Gasteiger charge is -2.30. The van der Waals surface area contributed by atoms with Crippen LogP contribution in [0.1, 0.15) is 54.7 Å². The van der Waals surface area contributed by atoms with E-state index in [0.717, 1.165) is 19.3 Å². The van der Waals surface area contributed by atoms with Gasteiger partial charge in [0.25, 0.3) is 0 Å². The molecule has 2 aromatic carbocycles. The fourth-order valence-electron chi connectivity index (χ4n) is 4.83. The van der Waals surface area contributed by atoms with Gasteiger partial charge in [-0.15, -0.1) is 0 Å². The van der Waals surface area contributed by atoms with Crippen LogP contribution >= 0.6 is 0 Å². The number of rotatable bonds is 6. The predicted molar refractivity (Wildman–Crippen MR) is 115 cm³/mol. The van der Waals surface area contributed by atoms with Crippen LogP contribution in [0.3, 0.4) is 0 Å². The molecule has 0 aliphatic carbocycles. The van der Waals surface area contributed by atoms with Crippen molar-refractivity contribution in [2.75, 3.05) is 13.1 Å². The Morgan fingerprint density at radius 3 is 2.67 bits per heavy atom. The van der Waals surface area contributed by atoms with Gasteiger partial charge in [0, 0.05) is 37.4 Å². The van der Waals surface area contributed by atoms with Crippen LogP contribution in [0.4, 0.5) is 4.39 Å². The second-order valence-electron chi connectivity index (χ2n) is 8.84. The lowest BCUT2D eigenvalue weighted by Crippen LogP contribution is -2.44. The van der Waals surface area contributed by atoms with Crippen molar-refractivity contribution in [3.05, 3.63) is 71.0 Å². The molecule has 5 heteroatoms. The molecule has 0 radical (unpaired) electrons. The quantitative estimate of drug-likeness (QED) is 0.782. The van der Waals surface area contributed by atoms with Crippen LogP contribution in [-0.2, 0) is 16.0 Å². The van der Waals surface area contributed by atoms with Gasteiger partial charge in [0.15, 0.2) is 0 Å². The zero-order valence-corrected chi connectivity index (χ0v) is 17.5. The highest BCUT2D eigenvalue weighted by Crippen LogP contribution is 2.32. The number of hydrogen-bond donors (Lipinski definition) is 1. The molecular formula is C25H29FN2O2. The number of amides is 2. The van der Waals surface area contributed by atoms with Crippen LogP contribution in [0.25, 0.3) is 0 Å². The molecule has 2 aliphatic heterocycles. The molecule has 2 amide bonds. The first-order valence-electron chi connectivity index (χ1n) is 10.8. The van der Waals surface area contributed by atoms with Crippen molar-refractivity contribution in [2.24, 2.45) is 0 Å². The molecule has 0 spiro atoms. The third-order valence-electron chi connectivity index (χ3n) is 6.60. The van der Waals surface area contributed by atoms with Gasteiger partial charge in [0.1, 0.15) is 5.82 Å². The van der Waals surface area contributed by atoms with Crippen LogP contribution < -0.4 is 5.32 Å². The molecule has 0 bridgehead atoms. The van der Waals surface area contributed by atoms with Gasteiger partial charge in [0.05, 0.1) is 0 Å². The van der Waals surface area contributed by atoms with Crippen LogP contribution in [0.5, 0.6) is 0 Å². The molecule has 0 saturated carbocycles. The van der Waals surface area contributed by atoms with Crippen molar-refractivity contribution in [3.63, 3.8) is 0 Å². The van der Waals surface area contributed by atoms with E-state index < -0.39 is 0 Å². The number of aryl methyl sites for hydroxylation is 1. The molecule has 0 aromatic heterocycles. The molecule has 158 valence electrons. The third-order valence-corrected chi connectivity index (χ3v) is 6.60. The highest BCUT2D eigenvalue weighted by molar-refractivity contribution is 5.80. The molecule has 2 aliphatic rings. The van der Waals surface area contributed by atoms with E-state index in [9.17, 15) is 14.0 Å². The van der Waals surface area contributed by atoms with Crippen molar-refractivity contribution in [2.45, 2.75) is 56.9 Å². The lowest BCUT2D eigenvalue weighted by atomic mass is 9.84. The van der Waals surface area contributed by atoms with Gasteiger partial charge in [-0.05, 0) is 49.8 Å². The number of nitrogens with one attached hydrogen (secondary N) is 1. The van der Waals surface area contributed by atoms with E-state index in [1.807, 2.05) is 17.0 Å². The number of likely N-dealkylation sites (tertiary alicyclic amines) is 1. The van der Waals surface area contributed by atoms with Crippen molar-refractivity contribution in [1.82, 2.24) is 10.2 Å². The van der Waals surface area contributed by atoms with Gasteiger partial charge in [-0.2, -0.15) is 0 Å². The zero-order valence-electron chi connectivity index (χ0n) is 17.5. The van der Waals surface area contributed by atoms with Crippen LogP contribution in [-0.4, -0.2) is 35.3 Å².